The van der Waals surface area contributed by atoms with Gasteiger partial charge in [0.15, 0.2) is 0 Å². The van der Waals surface area contributed by atoms with E-state index >= 15 is 0 Å². The van der Waals surface area contributed by atoms with Gasteiger partial charge >= 0.3 is 17.4 Å². The van der Waals surface area contributed by atoms with Crippen molar-refractivity contribution in [2.75, 3.05) is 0 Å². The molecule has 10 heteroatoms. The third-order valence-corrected chi connectivity index (χ3v) is 5.32. The fourth-order valence-corrected chi connectivity index (χ4v) is 3.73. The molecule has 27 heavy (non-hydrogen) atoms. The van der Waals surface area contributed by atoms with Crippen LogP contribution in [0.25, 0.3) is 11.1 Å². The number of benzene rings is 2. The fourth-order valence-electron chi connectivity index (χ4n) is 2.31. The van der Waals surface area contributed by atoms with Gasteiger partial charge in [-0.25, -0.2) is 0 Å². The number of aryl methyl sites for hydroxylation is 2. The largest absolute Gasteiger partial charge is 0.460 e. The van der Waals surface area contributed by atoms with Gasteiger partial charge < -0.3 is 0 Å². The lowest BCUT2D eigenvalue weighted by Crippen LogP contribution is -2.49. The predicted octanol–water partition coefficient (Wildman–Crippen LogP) is 7.96. The Morgan fingerprint density at radius 2 is 1.48 bits per heavy atom. The average molecular weight is 450 g/mol. The second kappa shape index (κ2) is 7.37. The van der Waals surface area contributed by atoms with Crippen molar-refractivity contribution in [3.05, 3.63) is 51.5 Å². The fraction of sp³-hybridized carbons (Fsp3) is 0.294. The van der Waals surface area contributed by atoms with Crippen LogP contribution in [0.1, 0.15) is 11.1 Å². The highest BCUT2D eigenvalue weighted by molar-refractivity contribution is 8.00. The molecule has 147 valence electrons. The Hall–Kier alpha value is -1.12. The number of alkyl halides is 7. The van der Waals surface area contributed by atoms with Crippen LogP contribution in [0.15, 0.2) is 29.2 Å². The van der Waals surface area contributed by atoms with Crippen molar-refractivity contribution in [3.8, 4) is 11.1 Å². The Bertz CT molecular complexity index is 863. The van der Waals surface area contributed by atoms with Crippen molar-refractivity contribution >= 4 is 35.0 Å². The number of hydrogen-bond donors (Lipinski definition) is 0. The Morgan fingerprint density at radius 1 is 0.889 bits per heavy atom. The van der Waals surface area contributed by atoms with Gasteiger partial charge in [-0.15, -0.1) is 0 Å². The van der Waals surface area contributed by atoms with Crippen LogP contribution in [-0.2, 0) is 0 Å². The summed E-state index contributed by atoms with van der Waals surface area (Å²) in [6, 6.07) is 7.94. The van der Waals surface area contributed by atoms with E-state index in [1.165, 1.54) is 32.0 Å². The van der Waals surface area contributed by atoms with Crippen LogP contribution < -0.4 is 0 Å². The van der Waals surface area contributed by atoms with Crippen LogP contribution in [0.4, 0.5) is 30.7 Å². The Kier molecular flexibility index (Phi) is 6.05. The summed E-state index contributed by atoms with van der Waals surface area (Å²) in [4.78, 5) is -0.462. The minimum atomic E-state index is -6.40. The van der Waals surface area contributed by atoms with E-state index in [0.29, 0.717) is 5.56 Å². The third-order valence-electron chi connectivity index (χ3n) is 3.52. The summed E-state index contributed by atoms with van der Waals surface area (Å²) in [6.07, 6.45) is -6.40. The summed E-state index contributed by atoms with van der Waals surface area (Å²) in [7, 11) is 0. The molecule has 2 rings (SSSR count). The summed E-state index contributed by atoms with van der Waals surface area (Å²) >= 11 is 10.8. The molecule has 0 N–H and O–H groups in total. The van der Waals surface area contributed by atoms with Crippen LogP contribution in [-0.4, -0.2) is 17.4 Å². The van der Waals surface area contributed by atoms with E-state index < -0.39 is 34.0 Å². The van der Waals surface area contributed by atoms with Gasteiger partial charge in [-0.05, 0) is 72.1 Å². The summed E-state index contributed by atoms with van der Waals surface area (Å²) in [5, 5.41) is -5.20. The topological polar surface area (TPSA) is 0 Å². The second-order valence-corrected chi connectivity index (χ2v) is 7.61. The molecule has 0 aliphatic heterocycles. The second-order valence-electron chi connectivity index (χ2n) is 5.64. The molecule has 1 radical (unpaired) electrons. The first kappa shape index (κ1) is 22.2. The average Bonchev–Trinajstić information content (AvgIpc) is 2.48. The maximum Gasteiger partial charge on any atom is 0.460 e. The van der Waals surface area contributed by atoms with Crippen molar-refractivity contribution in [1.82, 2.24) is 0 Å². The van der Waals surface area contributed by atoms with Crippen molar-refractivity contribution in [3.63, 3.8) is 0 Å². The molecular weight excluding hydrogens is 440 g/mol. The molecule has 0 aromatic heterocycles. The van der Waals surface area contributed by atoms with Crippen LogP contribution in [0.2, 0.25) is 10.0 Å². The monoisotopic (exact) mass is 449 g/mol. The number of hydrogen-bond acceptors (Lipinski definition) is 1. The zero-order chi connectivity index (χ0) is 20.8. The first-order valence-corrected chi connectivity index (χ1v) is 8.75. The summed E-state index contributed by atoms with van der Waals surface area (Å²) < 4.78 is 91.7. The first-order valence-electron chi connectivity index (χ1n) is 7.17. The molecule has 2 aromatic carbocycles. The number of thioether (sulfide) groups is 1. The zero-order valence-corrected chi connectivity index (χ0v) is 15.9. The van der Waals surface area contributed by atoms with Gasteiger partial charge in [-0.3, -0.25) is 0 Å². The molecule has 0 spiro atoms. The maximum absolute atomic E-state index is 13.9. The van der Waals surface area contributed by atoms with Crippen LogP contribution in [0.3, 0.4) is 0 Å². The van der Waals surface area contributed by atoms with E-state index in [2.05, 4.69) is 6.07 Å². The van der Waals surface area contributed by atoms with Gasteiger partial charge in [-0.2, -0.15) is 30.7 Å². The number of halogens is 9. The van der Waals surface area contributed by atoms with E-state index in [1.807, 2.05) is 0 Å². The van der Waals surface area contributed by atoms with E-state index in [-0.39, 0.29) is 26.7 Å². The van der Waals surface area contributed by atoms with Gasteiger partial charge in [-0.1, -0.05) is 29.3 Å². The SMILES string of the molecule is Cc1[c]c(C)c(-c2ccc(Cl)c(Cl)c2)c(SC(F)(F)C(F)(F)C(F)(F)F)c1. The number of rotatable bonds is 4. The minimum absolute atomic E-state index is 0.0156. The van der Waals surface area contributed by atoms with Crippen molar-refractivity contribution in [1.29, 1.82) is 0 Å². The van der Waals surface area contributed by atoms with Gasteiger partial charge in [0.2, 0.25) is 0 Å². The molecular formula is C17H10Cl2F7S. The molecule has 0 unspecified atom stereocenters. The standard InChI is InChI=1S/C17H10Cl2F7S/c1-8-5-9(2)14(10-3-4-11(18)12(19)7-10)13(6-8)27-17(25,26)15(20,21)16(22,23)24/h3-4,6-7H,1-2H3. The summed E-state index contributed by atoms with van der Waals surface area (Å²) in [6.45, 7) is 2.92. The molecule has 0 bridgehead atoms. The van der Waals surface area contributed by atoms with Gasteiger partial charge in [0.05, 0.1) is 10.0 Å². The third kappa shape index (κ3) is 4.32. The molecule has 0 atom stereocenters. The maximum atomic E-state index is 13.9. The lowest BCUT2D eigenvalue weighted by Gasteiger charge is -2.28. The molecule has 0 saturated heterocycles. The molecule has 0 aliphatic rings. The minimum Gasteiger partial charge on any atom is -0.188 e. The van der Waals surface area contributed by atoms with E-state index in [0.717, 1.165) is 6.07 Å². The summed E-state index contributed by atoms with van der Waals surface area (Å²) in [5.74, 6) is -6.22. The van der Waals surface area contributed by atoms with Crippen LogP contribution >= 0.6 is 35.0 Å². The van der Waals surface area contributed by atoms with Crippen molar-refractivity contribution in [2.24, 2.45) is 0 Å². The van der Waals surface area contributed by atoms with Gasteiger partial charge in [0.1, 0.15) is 0 Å². The summed E-state index contributed by atoms with van der Waals surface area (Å²) in [5.41, 5.74) is 0.820. The predicted molar refractivity (Wildman–Crippen MR) is 92.0 cm³/mol. The molecule has 0 fully saturated rings. The van der Waals surface area contributed by atoms with Crippen molar-refractivity contribution in [2.45, 2.75) is 36.1 Å². The first-order chi connectivity index (χ1) is 12.2. The Morgan fingerprint density at radius 3 is 2.00 bits per heavy atom. The zero-order valence-electron chi connectivity index (χ0n) is 13.6. The Balaban J connectivity index is 2.62. The molecule has 0 saturated carbocycles. The van der Waals surface area contributed by atoms with Gasteiger partial charge in [0.25, 0.3) is 0 Å². The van der Waals surface area contributed by atoms with Gasteiger partial charge in [0, 0.05) is 4.90 Å². The van der Waals surface area contributed by atoms with Crippen molar-refractivity contribution < 1.29 is 30.7 Å². The molecule has 0 heterocycles. The Labute approximate surface area is 164 Å². The lowest BCUT2D eigenvalue weighted by atomic mass is 9.98. The molecule has 2 aromatic rings. The highest BCUT2D eigenvalue weighted by Gasteiger charge is 2.73. The molecule has 0 aliphatic carbocycles. The molecule has 0 amide bonds. The molecule has 0 nitrogen and oxygen atoms in total. The smallest absolute Gasteiger partial charge is 0.188 e. The highest BCUT2D eigenvalue weighted by Crippen LogP contribution is 2.55. The quantitative estimate of drug-likeness (QED) is 0.337. The van der Waals surface area contributed by atoms with E-state index in [4.69, 9.17) is 23.2 Å². The van der Waals surface area contributed by atoms with Crippen LogP contribution in [0.5, 0.6) is 0 Å². The van der Waals surface area contributed by atoms with E-state index in [1.54, 1.807) is 0 Å². The lowest BCUT2D eigenvalue weighted by molar-refractivity contribution is -0.330. The normalized spacial score (nSPS) is 13.1. The van der Waals surface area contributed by atoms with E-state index in [9.17, 15) is 30.7 Å². The van der Waals surface area contributed by atoms with Crippen LogP contribution in [0, 0.1) is 19.9 Å². The highest BCUT2D eigenvalue weighted by atomic mass is 35.5.